The van der Waals surface area contributed by atoms with Gasteiger partial charge in [0.05, 0.1) is 11.6 Å². The second kappa shape index (κ2) is 7.75. The topological polar surface area (TPSA) is 121 Å². The van der Waals surface area contributed by atoms with Gasteiger partial charge in [-0.2, -0.15) is 4.31 Å². The Kier molecular flexibility index (Phi) is 5.61. The van der Waals surface area contributed by atoms with Crippen molar-refractivity contribution in [1.82, 2.24) is 14.4 Å². The second-order valence-corrected chi connectivity index (χ2v) is 8.84. The molecule has 1 N–H and O–H groups in total. The first-order chi connectivity index (χ1) is 12.4. The van der Waals surface area contributed by atoms with Gasteiger partial charge in [-0.3, -0.25) is 9.59 Å². The van der Waals surface area contributed by atoms with Gasteiger partial charge in [0, 0.05) is 38.2 Å². The predicted molar refractivity (Wildman–Crippen MR) is 90.4 cm³/mol. The van der Waals surface area contributed by atoms with Crippen molar-refractivity contribution >= 4 is 21.9 Å². The first-order valence-electron chi connectivity index (χ1n) is 8.75. The number of carboxylic acid groups (broad SMARTS) is 1. The summed E-state index contributed by atoms with van der Waals surface area (Å²) in [6.45, 7) is 1.12. The van der Waals surface area contributed by atoms with Gasteiger partial charge in [0.25, 0.3) is 0 Å². The van der Waals surface area contributed by atoms with E-state index in [0.717, 1.165) is 6.42 Å². The van der Waals surface area contributed by atoms with E-state index in [-0.39, 0.29) is 30.7 Å². The molecule has 1 saturated carbocycles. The number of hydrogen-bond acceptors (Lipinski definition) is 6. The highest BCUT2D eigenvalue weighted by Crippen LogP contribution is 2.31. The average Bonchev–Trinajstić information content (AvgIpc) is 3.13. The van der Waals surface area contributed by atoms with Crippen molar-refractivity contribution in [3.8, 4) is 0 Å². The fourth-order valence-corrected chi connectivity index (χ4v) is 5.10. The largest absolute Gasteiger partial charge is 0.481 e. The minimum atomic E-state index is -3.51. The molecule has 10 heteroatoms. The summed E-state index contributed by atoms with van der Waals surface area (Å²) in [5.74, 6) is -1.85. The molecule has 0 aromatic carbocycles. The zero-order valence-electron chi connectivity index (χ0n) is 14.4. The second-order valence-electron chi connectivity index (χ2n) is 6.87. The highest BCUT2D eigenvalue weighted by Gasteiger charge is 2.35. The number of hydrogen-bond donors (Lipinski definition) is 1. The summed E-state index contributed by atoms with van der Waals surface area (Å²) in [4.78, 5) is 25.5. The maximum atomic E-state index is 12.7. The van der Waals surface area contributed by atoms with Gasteiger partial charge in [-0.1, -0.05) is 11.6 Å². The van der Waals surface area contributed by atoms with Crippen molar-refractivity contribution in [2.75, 3.05) is 26.2 Å². The van der Waals surface area contributed by atoms with Crippen LogP contribution in [0.25, 0.3) is 0 Å². The molecule has 26 heavy (non-hydrogen) atoms. The molecule has 1 aromatic heterocycles. The lowest BCUT2D eigenvalue weighted by Crippen LogP contribution is -2.52. The molecule has 0 spiro atoms. The number of aliphatic carboxylic acids is 1. The highest BCUT2D eigenvalue weighted by molar-refractivity contribution is 7.88. The third kappa shape index (κ3) is 4.24. The van der Waals surface area contributed by atoms with Crippen LogP contribution in [-0.4, -0.2) is 65.9 Å². The molecule has 1 aliphatic heterocycles. The number of sulfonamides is 1. The molecule has 2 unspecified atom stereocenters. The van der Waals surface area contributed by atoms with Crippen LogP contribution >= 0.6 is 0 Å². The van der Waals surface area contributed by atoms with E-state index in [1.54, 1.807) is 4.90 Å². The minimum absolute atomic E-state index is 0.0514. The van der Waals surface area contributed by atoms with E-state index >= 15 is 0 Å². The standard InChI is InChI=1S/C16H23N3O6S/c20-15(12-2-1-3-13(10-12)16(21)22)18-5-7-19(8-6-18)26(23,24)11-14-4-9-25-17-14/h4,9,12-13H,1-3,5-8,10-11H2,(H,21,22). The third-order valence-corrected chi connectivity index (χ3v) is 6.95. The van der Waals surface area contributed by atoms with E-state index in [9.17, 15) is 18.0 Å². The number of piperazine rings is 1. The molecule has 0 radical (unpaired) electrons. The summed E-state index contributed by atoms with van der Waals surface area (Å²) in [6, 6.07) is 1.51. The first-order valence-corrected chi connectivity index (χ1v) is 10.4. The minimum Gasteiger partial charge on any atom is -0.481 e. The van der Waals surface area contributed by atoms with Gasteiger partial charge in [0.1, 0.15) is 12.0 Å². The fraction of sp³-hybridized carbons (Fsp3) is 0.688. The molecule has 1 amide bonds. The molecule has 9 nitrogen and oxygen atoms in total. The normalized spacial score (nSPS) is 25.2. The maximum absolute atomic E-state index is 12.7. The van der Waals surface area contributed by atoms with Crippen molar-refractivity contribution in [3.63, 3.8) is 0 Å². The summed E-state index contributed by atoms with van der Waals surface area (Å²) >= 11 is 0. The summed E-state index contributed by atoms with van der Waals surface area (Å²) in [6.07, 6.45) is 3.76. The van der Waals surface area contributed by atoms with E-state index in [1.807, 2.05) is 0 Å². The van der Waals surface area contributed by atoms with Gasteiger partial charge >= 0.3 is 5.97 Å². The third-order valence-electron chi connectivity index (χ3n) is 5.14. The maximum Gasteiger partial charge on any atom is 0.306 e. The van der Waals surface area contributed by atoms with E-state index in [1.165, 1.54) is 16.6 Å². The van der Waals surface area contributed by atoms with Crippen LogP contribution in [0.3, 0.4) is 0 Å². The van der Waals surface area contributed by atoms with Crippen molar-refractivity contribution in [2.45, 2.75) is 31.4 Å². The van der Waals surface area contributed by atoms with Gasteiger partial charge in [-0.05, 0) is 19.3 Å². The summed E-state index contributed by atoms with van der Waals surface area (Å²) in [5.41, 5.74) is 0.352. The SMILES string of the molecule is O=C(O)C1CCCC(C(=O)N2CCN(S(=O)(=O)Cc3ccon3)CC2)C1. The van der Waals surface area contributed by atoms with Gasteiger partial charge in [-0.15, -0.1) is 0 Å². The Labute approximate surface area is 152 Å². The van der Waals surface area contributed by atoms with Crippen LogP contribution < -0.4 is 0 Å². The molecular formula is C16H23N3O6S. The monoisotopic (exact) mass is 385 g/mol. The molecule has 1 aliphatic carbocycles. The Morgan fingerprint density at radius 1 is 1.19 bits per heavy atom. The molecule has 1 aromatic rings. The number of rotatable bonds is 5. The van der Waals surface area contributed by atoms with Crippen LogP contribution in [0.5, 0.6) is 0 Å². The summed E-state index contributed by atoms with van der Waals surface area (Å²) < 4.78 is 30.9. The van der Waals surface area contributed by atoms with E-state index in [2.05, 4.69) is 9.68 Å². The molecule has 1 saturated heterocycles. The van der Waals surface area contributed by atoms with Crippen molar-refractivity contribution in [1.29, 1.82) is 0 Å². The van der Waals surface area contributed by atoms with Crippen LogP contribution in [0.15, 0.2) is 16.9 Å². The van der Waals surface area contributed by atoms with Crippen LogP contribution in [0.4, 0.5) is 0 Å². The highest BCUT2D eigenvalue weighted by atomic mass is 32.2. The molecule has 144 valence electrons. The number of nitrogens with zero attached hydrogens (tertiary/aromatic N) is 3. The van der Waals surface area contributed by atoms with Gasteiger partial charge in [0.2, 0.25) is 15.9 Å². The Balaban J connectivity index is 1.54. The Morgan fingerprint density at radius 3 is 2.50 bits per heavy atom. The molecule has 3 rings (SSSR count). The number of carbonyl (C=O) groups is 2. The first kappa shape index (κ1) is 18.8. The average molecular weight is 385 g/mol. The molecular weight excluding hydrogens is 362 g/mol. The van der Waals surface area contributed by atoms with Crippen molar-refractivity contribution in [3.05, 3.63) is 18.0 Å². The van der Waals surface area contributed by atoms with Crippen LogP contribution in [0.1, 0.15) is 31.4 Å². The predicted octanol–water partition coefficient (Wildman–Crippen LogP) is 0.540. The molecule has 2 heterocycles. The van der Waals surface area contributed by atoms with E-state index in [4.69, 9.17) is 5.11 Å². The lowest BCUT2D eigenvalue weighted by molar-refractivity contribution is -0.145. The van der Waals surface area contributed by atoms with Crippen molar-refractivity contribution < 1.29 is 27.6 Å². The summed E-state index contributed by atoms with van der Waals surface area (Å²) in [5, 5.41) is 12.8. The van der Waals surface area contributed by atoms with Crippen LogP contribution in [0, 0.1) is 11.8 Å². The molecule has 2 atom stereocenters. The van der Waals surface area contributed by atoms with Crippen LogP contribution in [0.2, 0.25) is 0 Å². The molecule has 2 aliphatic rings. The lowest BCUT2D eigenvalue weighted by atomic mass is 9.80. The zero-order valence-corrected chi connectivity index (χ0v) is 15.2. The van der Waals surface area contributed by atoms with Gasteiger partial charge < -0.3 is 14.5 Å². The van der Waals surface area contributed by atoms with E-state index < -0.39 is 21.9 Å². The quantitative estimate of drug-likeness (QED) is 0.785. The number of carbonyl (C=O) groups excluding carboxylic acids is 1. The number of aromatic nitrogens is 1. The van der Waals surface area contributed by atoms with Crippen molar-refractivity contribution in [2.24, 2.45) is 11.8 Å². The Morgan fingerprint density at radius 2 is 1.88 bits per heavy atom. The fourth-order valence-electron chi connectivity index (χ4n) is 3.67. The summed E-state index contributed by atoms with van der Waals surface area (Å²) in [7, 11) is -3.51. The Bertz CT molecular complexity index is 740. The van der Waals surface area contributed by atoms with Gasteiger partial charge in [0.15, 0.2) is 0 Å². The zero-order chi connectivity index (χ0) is 18.7. The van der Waals surface area contributed by atoms with Gasteiger partial charge in [-0.25, -0.2) is 8.42 Å². The molecule has 2 fully saturated rings. The number of amides is 1. The Hall–Kier alpha value is -1.94. The van der Waals surface area contributed by atoms with E-state index in [0.29, 0.717) is 38.0 Å². The smallest absolute Gasteiger partial charge is 0.306 e. The number of carboxylic acids is 1. The lowest BCUT2D eigenvalue weighted by Gasteiger charge is -2.37. The molecule has 0 bridgehead atoms. The van der Waals surface area contributed by atoms with Crippen LogP contribution in [-0.2, 0) is 25.4 Å².